The predicted octanol–water partition coefficient (Wildman–Crippen LogP) is 4.57. The molecule has 1 aliphatic carbocycles. The van der Waals surface area contributed by atoms with Gasteiger partial charge in [0.05, 0.1) is 5.52 Å². The van der Waals surface area contributed by atoms with E-state index < -0.39 is 0 Å². The third-order valence-corrected chi connectivity index (χ3v) is 5.13. The Kier molecular flexibility index (Phi) is 3.16. The Morgan fingerprint density at radius 1 is 0.923 bits per heavy atom. The van der Waals surface area contributed by atoms with Gasteiger partial charge in [-0.2, -0.15) is 0 Å². The Hall–Kier alpha value is -3.46. The van der Waals surface area contributed by atoms with Crippen molar-refractivity contribution in [2.45, 2.75) is 6.42 Å². The molecule has 1 aromatic heterocycles. The molecule has 0 saturated heterocycles. The lowest BCUT2D eigenvalue weighted by Crippen LogP contribution is -2.13. The van der Waals surface area contributed by atoms with Crippen LogP contribution in [0.5, 0.6) is 0 Å². The number of carbonyl (C=O) groups excluding carboxylic acids is 1. The largest absolute Gasteiger partial charge is 0.366 e. The molecular formula is C23H16N2O. The number of fused-ring (bicyclic) bond motifs is 4. The lowest BCUT2D eigenvalue weighted by molar-refractivity contribution is 0.0999. The third-order valence-electron chi connectivity index (χ3n) is 5.13. The number of para-hydroxylation sites is 1. The zero-order chi connectivity index (χ0) is 17.7. The number of amides is 1. The molecule has 5 rings (SSSR count). The molecule has 1 aliphatic rings. The molecule has 3 heteroatoms. The van der Waals surface area contributed by atoms with E-state index >= 15 is 0 Å². The van der Waals surface area contributed by atoms with Crippen molar-refractivity contribution >= 4 is 16.8 Å². The summed E-state index contributed by atoms with van der Waals surface area (Å²) < 4.78 is 0. The summed E-state index contributed by atoms with van der Waals surface area (Å²) in [6.07, 6.45) is 2.64. The van der Waals surface area contributed by atoms with Crippen molar-refractivity contribution in [2.75, 3.05) is 0 Å². The Labute approximate surface area is 151 Å². The SMILES string of the molecule is NC(=O)c1ccc(-c2cnc3ccccc3c2)c2c1Cc1ccccc1-2. The van der Waals surface area contributed by atoms with Gasteiger partial charge in [-0.25, -0.2) is 0 Å². The number of benzene rings is 3. The Bertz CT molecular complexity index is 1190. The van der Waals surface area contributed by atoms with Crippen LogP contribution in [0.25, 0.3) is 33.2 Å². The predicted molar refractivity (Wildman–Crippen MR) is 104 cm³/mol. The van der Waals surface area contributed by atoms with Crippen LogP contribution in [0.4, 0.5) is 0 Å². The summed E-state index contributed by atoms with van der Waals surface area (Å²) in [6, 6.07) is 22.4. The van der Waals surface area contributed by atoms with Crippen LogP contribution >= 0.6 is 0 Å². The molecule has 1 heterocycles. The zero-order valence-corrected chi connectivity index (χ0v) is 14.1. The fourth-order valence-electron chi connectivity index (χ4n) is 3.94. The molecule has 0 radical (unpaired) electrons. The Balaban J connectivity index is 1.81. The van der Waals surface area contributed by atoms with Gasteiger partial charge in [-0.05, 0) is 52.4 Å². The van der Waals surface area contributed by atoms with Gasteiger partial charge in [0.15, 0.2) is 0 Å². The molecule has 0 atom stereocenters. The summed E-state index contributed by atoms with van der Waals surface area (Å²) in [4.78, 5) is 16.5. The van der Waals surface area contributed by atoms with Crippen LogP contribution in [0, 0.1) is 0 Å². The number of aromatic nitrogens is 1. The van der Waals surface area contributed by atoms with E-state index in [4.69, 9.17) is 5.73 Å². The smallest absolute Gasteiger partial charge is 0.249 e. The molecule has 1 amide bonds. The quantitative estimate of drug-likeness (QED) is 0.513. The highest BCUT2D eigenvalue weighted by atomic mass is 16.1. The fourth-order valence-corrected chi connectivity index (χ4v) is 3.94. The number of pyridine rings is 1. The van der Waals surface area contributed by atoms with Gasteiger partial charge < -0.3 is 5.73 Å². The molecule has 0 aliphatic heterocycles. The first-order valence-corrected chi connectivity index (χ1v) is 8.61. The molecule has 26 heavy (non-hydrogen) atoms. The van der Waals surface area contributed by atoms with Crippen LogP contribution in [-0.4, -0.2) is 10.9 Å². The maximum atomic E-state index is 11.9. The maximum absolute atomic E-state index is 11.9. The highest BCUT2D eigenvalue weighted by Gasteiger charge is 2.26. The van der Waals surface area contributed by atoms with E-state index in [-0.39, 0.29) is 5.91 Å². The normalized spacial score (nSPS) is 12.0. The first-order valence-electron chi connectivity index (χ1n) is 8.61. The third kappa shape index (κ3) is 2.14. The number of nitrogens with zero attached hydrogens (tertiary/aromatic N) is 1. The second-order valence-electron chi connectivity index (χ2n) is 6.63. The van der Waals surface area contributed by atoms with Crippen molar-refractivity contribution in [3.05, 3.63) is 89.6 Å². The average Bonchev–Trinajstić information content (AvgIpc) is 3.06. The zero-order valence-electron chi connectivity index (χ0n) is 14.1. The molecule has 0 bridgehead atoms. The van der Waals surface area contributed by atoms with Crippen LogP contribution in [-0.2, 0) is 6.42 Å². The first kappa shape index (κ1) is 14.8. The summed E-state index contributed by atoms with van der Waals surface area (Å²) in [5.41, 5.74) is 13.9. The van der Waals surface area contributed by atoms with Crippen LogP contribution < -0.4 is 5.73 Å². The van der Waals surface area contributed by atoms with Gasteiger partial charge in [-0.1, -0.05) is 48.5 Å². The summed E-state index contributed by atoms with van der Waals surface area (Å²) in [5, 5.41) is 1.10. The van der Waals surface area contributed by atoms with Crippen molar-refractivity contribution in [3.63, 3.8) is 0 Å². The van der Waals surface area contributed by atoms with Gasteiger partial charge in [0.1, 0.15) is 0 Å². The fraction of sp³-hybridized carbons (Fsp3) is 0.0435. The number of carbonyl (C=O) groups is 1. The Morgan fingerprint density at radius 3 is 2.62 bits per heavy atom. The van der Waals surface area contributed by atoms with Gasteiger partial charge in [0.2, 0.25) is 5.91 Å². The molecule has 0 spiro atoms. The minimum absolute atomic E-state index is 0.378. The van der Waals surface area contributed by atoms with Crippen LogP contribution in [0.2, 0.25) is 0 Å². The van der Waals surface area contributed by atoms with E-state index in [1.165, 1.54) is 11.1 Å². The maximum Gasteiger partial charge on any atom is 0.249 e. The molecule has 0 fully saturated rings. The number of hydrogen-bond donors (Lipinski definition) is 1. The second-order valence-corrected chi connectivity index (χ2v) is 6.63. The summed E-state index contributed by atoms with van der Waals surface area (Å²) in [5.74, 6) is -0.378. The van der Waals surface area contributed by atoms with Crippen molar-refractivity contribution < 1.29 is 4.79 Å². The highest BCUT2D eigenvalue weighted by molar-refractivity contribution is 6.02. The van der Waals surface area contributed by atoms with E-state index in [1.807, 2.05) is 48.7 Å². The van der Waals surface area contributed by atoms with Crippen molar-refractivity contribution in [3.8, 4) is 22.3 Å². The van der Waals surface area contributed by atoms with Crippen molar-refractivity contribution in [1.82, 2.24) is 4.98 Å². The molecule has 4 aromatic rings. The molecule has 2 N–H and O–H groups in total. The van der Waals surface area contributed by atoms with Gasteiger partial charge >= 0.3 is 0 Å². The number of nitrogens with two attached hydrogens (primary N) is 1. The molecule has 124 valence electrons. The minimum atomic E-state index is -0.378. The molecule has 3 aromatic carbocycles. The number of hydrogen-bond acceptors (Lipinski definition) is 2. The monoisotopic (exact) mass is 336 g/mol. The summed E-state index contributed by atoms with van der Waals surface area (Å²) in [6.45, 7) is 0. The lowest BCUT2D eigenvalue weighted by atomic mass is 9.91. The molecule has 0 saturated carbocycles. The lowest BCUT2D eigenvalue weighted by Gasteiger charge is -2.13. The first-order chi connectivity index (χ1) is 12.7. The summed E-state index contributed by atoms with van der Waals surface area (Å²) >= 11 is 0. The van der Waals surface area contributed by atoms with Crippen LogP contribution in [0.1, 0.15) is 21.5 Å². The van der Waals surface area contributed by atoms with Gasteiger partial charge in [0.25, 0.3) is 0 Å². The standard InChI is InChI=1S/C23H16N2O/c24-23(26)19-10-9-18(16-11-15-6-2-4-8-21(15)25-13-16)22-17-7-3-1-5-14(17)12-20(19)22/h1-11,13H,12H2,(H2,24,26). The molecule has 3 nitrogen and oxygen atoms in total. The average molecular weight is 336 g/mol. The highest BCUT2D eigenvalue weighted by Crippen LogP contribution is 2.44. The van der Waals surface area contributed by atoms with Crippen molar-refractivity contribution in [1.29, 1.82) is 0 Å². The number of primary amides is 1. The van der Waals surface area contributed by atoms with E-state index in [9.17, 15) is 4.79 Å². The van der Waals surface area contributed by atoms with E-state index in [1.54, 1.807) is 0 Å². The van der Waals surface area contributed by atoms with E-state index in [0.29, 0.717) is 5.56 Å². The Morgan fingerprint density at radius 2 is 1.73 bits per heavy atom. The molecular weight excluding hydrogens is 320 g/mol. The van der Waals surface area contributed by atoms with Gasteiger partial charge in [-0.3, -0.25) is 9.78 Å². The minimum Gasteiger partial charge on any atom is -0.366 e. The topological polar surface area (TPSA) is 56.0 Å². The molecule has 0 unspecified atom stereocenters. The van der Waals surface area contributed by atoms with E-state index in [0.717, 1.165) is 39.6 Å². The van der Waals surface area contributed by atoms with Crippen LogP contribution in [0.15, 0.2) is 72.9 Å². The van der Waals surface area contributed by atoms with E-state index in [2.05, 4.69) is 29.2 Å². The van der Waals surface area contributed by atoms with Crippen LogP contribution in [0.3, 0.4) is 0 Å². The van der Waals surface area contributed by atoms with Gasteiger partial charge in [0, 0.05) is 22.7 Å². The van der Waals surface area contributed by atoms with Gasteiger partial charge in [-0.15, -0.1) is 0 Å². The second kappa shape index (κ2) is 5.53. The van der Waals surface area contributed by atoms with Crippen molar-refractivity contribution in [2.24, 2.45) is 5.73 Å². The summed E-state index contributed by atoms with van der Waals surface area (Å²) in [7, 11) is 0. The number of rotatable bonds is 2.